The largest absolute Gasteiger partial charge is 0.392 e. The van der Waals surface area contributed by atoms with Crippen molar-refractivity contribution in [1.29, 1.82) is 0 Å². The Morgan fingerprint density at radius 3 is 2.72 bits per heavy atom. The molecule has 0 aliphatic heterocycles. The van der Waals surface area contributed by atoms with Crippen LogP contribution in [0.1, 0.15) is 26.1 Å². The van der Waals surface area contributed by atoms with Crippen molar-refractivity contribution in [1.82, 2.24) is 9.55 Å². The van der Waals surface area contributed by atoms with Crippen molar-refractivity contribution in [2.75, 3.05) is 0 Å². The summed E-state index contributed by atoms with van der Waals surface area (Å²) in [6.45, 7) is 4.44. The molecule has 1 aliphatic rings. The average molecular weight is 244 g/mol. The van der Waals surface area contributed by atoms with Gasteiger partial charge in [0, 0.05) is 13.5 Å². The summed E-state index contributed by atoms with van der Waals surface area (Å²) < 4.78 is 2.09. The Balaban J connectivity index is 1.85. The number of aryl methyl sites for hydroxylation is 1. The van der Waals surface area contributed by atoms with E-state index in [0.29, 0.717) is 17.8 Å². The van der Waals surface area contributed by atoms with Crippen LogP contribution in [-0.4, -0.2) is 20.8 Å². The molecule has 1 aromatic heterocycles. The summed E-state index contributed by atoms with van der Waals surface area (Å²) in [6, 6.07) is 8.11. The molecule has 2 aromatic rings. The third-order valence-corrected chi connectivity index (χ3v) is 4.33. The van der Waals surface area contributed by atoms with Gasteiger partial charge in [-0.05, 0) is 29.9 Å². The average Bonchev–Trinajstić information content (AvgIpc) is 2.86. The fourth-order valence-corrected chi connectivity index (χ4v) is 2.87. The van der Waals surface area contributed by atoms with Crippen molar-refractivity contribution in [3.05, 3.63) is 30.1 Å². The van der Waals surface area contributed by atoms with Gasteiger partial charge in [0.05, 0.1) is 17.1 Å². The van der Waals surface area contributed by atoms with E-state index in [0.717, 1.165) is 23.3 Å². The summed E-state index contributed by atoms with van der Waals surface area (Å²) in [5, 5.41) is 10.3. The highest BCUT2D eigenvalue weighted by Gasteiger charge is 2.49. The highest BCUT2D eigenvalue weighted by Crippen LogP contribution is 2.53. The van der Waals surface area contributed by atoms with E-state index in [4.69, 9.17) is 0 Å². The van der Waals surface area contributed by atoms with Gasteiger partial charge >= 0.3 is 0 Å². The first-order chi connectivity index (χ1) is 8.49. The fourth-order valence-electron chi connectivity index (χ4n) is 2.87. The highest BCUT2D eigenvalue weighted by atomic mass is 16.3. The van der Waals surface area contributed by atoms with E-state index in [1.807, 2.05) is 25.2 Å². The number of hydrogen-bond donors (Lipinski definition) is 1. The highest BCUT2D eigenvalue weighted by molar-refractivity contribution is 5.75. The van der Waals surface area contributed by atoms with Gasteiger partial charge in [-0.2, -0.15) is 0 Å². The van der Waals surface area contributed by atoms with E-state index in [2.05, 4.69) is 29.5 Å². The normalized spacial score (nSPS) is 23.2. The minimum Gasteiger partial charge on any atom is -0.392 e. The van der Waals surface area contributed by atoms with E-state index in [1.165, 1.54) is 0 Å². The molecule has 3 heteroatoms. The van der Waals surface area contributed by atoms with Gasteiger partial charge in [-0.25, -0.2) is 4.98 Å². The summed E-state index contributed by atoms with van der Waals surface area (Å²) in [4.78, 5) is 4.61. The Morgan fingerprint density at radius 1 is 1.44 bits per heavy atom. The molecule has 1 fully saturated rings. The molecule has 2 atom stereocenters. The lowest BCUT2D eigenvalue weighted by Gasteiger charge is -2.12. The van der Waals surface area contributed by atoms with Crippen molar-refractivity contribution in [3.8, 4) is 0 Å². The van der Waals surface area contributed by atoms with Gasteiger partial charge in [0.15, 0.2) is 0 Å². The van der Waals surface area contributed by atoms with Crippen LogP contribution in [0.5, 0.6) is 0 Å². The number of para-hydroxylation sites is 2. The molecule has 96 valence electrons. The quantitative estimate of drug-likeness (QED) is 0.901. The molecule has 0 radical (unpaired) electrons. The van der Waals surface area contributed by atoms with Gasteiger partial charge in [-0.3, -0.25) is 0 Å². The van der Waals surface area contributed by atoms with Gasteiger partial charge in [0.25, 0.3) is 0 Å². The van der Waals surface area contributed by atoms with E-state index in [9.17, 15) is 5.11 Å². The molecule has 0 bridgehead atoms. The molecule has 1 heterocycles. The molecule has 1 saturated carbocycles. The lowest BCUT2D eigenvalue weighted by Crippen LogP contribution is -2.18. The van der Waals surface area contributed by atoms with Gasteiger partial charge in [0.1, 0.15) is 5.82 Å². The molecule has 3 nitrogen and oxygen atoms in total. The Labute approximate surface area is 107 Å². The van der Waals surface area contributed by atoms with Crippen LogP contribution < -0.4 is 0 Å². The number of imidazole rings is 1. The minimum absolute atomic E-state index is 0.268. The third-order valence-electron chi connectivity index (χ3n) is 4.33. The molecule has 2 unspecified atom stereocenters. The van der Waals surface area contributed by atoms with E-state index >= 15 is 0 Å². The van der Waals surface area contributed by atoms with Crippen LogP contribution >= 0.6 is 0 Å². The summed E-state index contributed by atoms with van der Waals surface area (Å²) in [5.74, 6) is 1.41. The van der Waals surface area contributed by atoms with Crippen LogP contribution in [0.4, 0.5) is 0 Å². The molecule has 18 heavy (non-hydrogen) atoms. The van der Waals surface area contributed by atoms with Crippen molar-refractivity contribution in [3.63, 3.8) is 0 Å². The number of rotatable bonds is 3. The molecule has 0 amide bonds. The van der Waals surface area contributed by atoms with Crippen LogP contribution in [0.2, 0.25) is 0 Å². The molecular weight excluding hydrogens is 224 g/mol. The molecular formula is C15H20N2O. The molecule has 3 rings (SSSR count). The first-order valence-electron chi connectivity index (χ1n) is 6.57. The number of aliphatic hydroxyl groups is 1. The Morgan fingerprint density at radius 2 is 2.11 bits per heavy atom. The molecule has 1 aromatic carbocycles. The standard InChI is InChI=1S/C15H20N2O/c1-15(2)9-10(15)13(18)8-14-16-11-6-4-5-7-12(11)17(14)3/h4-7,10,13,18H,8-9H2,1-3H3. The molecule has 1 aliphatic carbocycles. The smallest absolute Gasteiger partial charge is 0.112 e. The maximum Gasteiger partial charge on any atom is 0.112 e. The van der Waals surface area contributed by atoms with Crippen molar-refractivity contribution in [2.45, 2.75) is 32.8 Å². The van der Waals surface area contributed by atoms with Crippen LogP contribution in [-0.2, 0) is 13.5 Å². The monoisotopic (exact) mass is 244 g/mol. The van der Waals surface area contributed by atoms with Gasteiger partial charge < -0.3 is 9.67 Å². The predicted molar refractivity (Wildman–Crippen MR) is 72.3 cm³/mol. The number of aromatic nitrogens is 2. The lowest BCUT2D eigenvalue weighted by molar-refractivity contribution is 0.134. The fraction of sp³-hybridized carbons (Fsp3) is 0.533. The van der Waals surface area contributed by atoms with Crippen LogP contribution in [0.15, 0.2) is 24.3 Å². The Kier molecular flexibility index (Phi) is 2.49. The maximum atomic E-state index is 10.3. The first-order valence-corrected chi connectivity index (χ1v) is 6.57. The van der Waals surface area contributed by atoms with Crippen LogP contribution in [0.25, 0.3) is 11.0 Å². The number of nitrogens with zero attached hydrogens (tertiary/aromatic N) is 2. The van der Waals surface area contributed by atoms with Gasteiger partial charge in [0.2, 0.25) is 0 Å². The lowest BCUT2D eigenvalue weighted by atomic mass is 10.0. The van der Waals surface area contributed by atoms with Gasteiger partial charge in [-0.1, -0.05) is 26.0 Å². The third kappa shape index (κ3) is 1.83. The van der Waals surface area contributed by atoms with E-state index in [1.54, 1.807) is 0 Å². The second kappa shape index (κ2) is 3.82. The van der Waals surface area contributed by atoms with Crippen molar-refractivity contribution < 1.29 is 5.11 Å². The van der Waals surface area contributed by atoms with Crippen LogP contribution in [0, 0.1) is 11.3 Å². The number of aliphatic hydroxyl groups excluding tert-OH is 1. The zero-order valence-corrected chi connectivity index (χ0v) is 11.2. The topological polar surface area (TPSA) is 38.0 Å². The second-order valence-corrected chi connectivity index (χ2v) is 6.15. The van der Waals surface area contributed by atoms with Gasteiger partial charge in [-0.15, -0.1) is 0 Å². The Hall–Kier alpha value is -1.35. The SMILES string of the molecule is Cn1c(CC(O)C2CC2(C)C)nc2ccccc21. The number of fused-ring (bicyclic) bond motifs is 1. The predicted octanol–water partition coefficient (Wildman–Crippen LogP) is 2.52. The minimum atomic E-state index is -0.268. The zero-order chi connectivity index (χ0) is 12.9. The summed E-state index contributed by atoms with van der Waals surface area (Å²) in [5.41, 5.74) is 2.45. The molecule has 0 saturated heterocycles. The summed E-state index contributed by atoms with van der Waals surface area (Å²) in [6.07, 6.45) is 1.51. The molecule has 1 N–H and O–H groups in total. The maximum absolute atomic E-state index is 10.3. The van der Waals surface area contributed by atoms with E-state index in [-0.39, 0.29) is 6.10 Å². The van der Waals surface area contributed by atoms with Crippen LogP contribution in [0.3, 0.4) is 0 Å². The summed E-state index contributed by atoms with van der Waals surface area (Å²) >= 11 is 0. The zero-order valence-electron chi connectivity index (χ0n) is 11.2. The first kappa shape index (κ1) is 11.7. The van der Waals surface area contributed by atoms with E-state index < -0.39 is 0 Å². The number of benzene rings is 1. The second-order valence-electron chi connectivity index (χ2n) is 6.15. The summed E-state index contributed by atoms with van der Waals surface area (Å²) in [7, 11) is 2.02. The Bertz CT molecular complexity index is 585. The molecule has 0 spiro atoms. The van der Waals surface area contributed by atoms with Crippen molar-refractivity contribution in [2.24, 2.45) is 18.4 Å². The number of hydrogen-bond acceptors (Lipinski definition) is 2. The van der Waals surface area contributed by atoms with Crippen molar-refractivity contribution >= 4 is 11.0 Å².